The summed E-state index contributed by atoms with van der Waals surface area (Å²) in [5.74, 6) is 0.729. The van der Waals surface area contributed by atoms with Gasteiger partial charge in [-0.25, -0.2) is 13.2 Å². The largest absolute Gasteiger partial charge is 0.454 e. The van der Waals surface area contributed by atoms with Gasteiger partial charge in [0.05, 0.1) is 42.2 Å². The van der Waals surface area contributed by atoms with Gasteiger partial charge in [0.2, 0.25) is 16.8 Å². The Morgan fingerprint density at radius 2 is 1.93 bits per heavy atom. The molecule has 0 aliphatic carbocycles. The Hall–Kier alpha value is -3.41. The number of carbonyl (C=O) groups excluding carboxylic acids is 1. The molecule has 2 aromatic rings. The Kier molecular flexibility index (Phi) is 11.1. The highest BCUT2D eigenvalue weighted by molar-refractivity contribution is 7.89. The average molecular weight is 658 g/mol. The van der Waals surface area contributed by atoms with Gasteiger partial charge in [-0.05, 0) is 48.8 Å². The molecule has 12 nitrogen and oxygen atoms in total. The Morgan fingerprint density at radius 3 is 2.72 bits per heavy atom. The van der Waals surface area contributed by atoms with Crippen LogP contribution < -0.4 is 14.8 Å². The molecule has 0 aromatic heterocycles. The first kappa shape index (κ1) is 33.9. The van der Waals surface area contributed by atoms with Crippen LogP contribution in [0.15, 0.2) is 53.4 Å². The predicted octanol–water partition coefficient (Wildman–Crippen LogP) is 3.98. The Morgan fingerprint density at radius 1 is 1.15 bits per heavy atom. The molecule has 3 aliphatic rings. The molecular weight excluding hydrogens is 614 g/mol. The molecule has 46 heavy (non-hydrogen) atoms. The van der Waals surface area contributed by atoms with Gasteiger partial charge >= 0.3 is 6.09 Å². The number of benzene rings is 2. The lowest BCUT2D eigenvalue weighted by Gasteiger charge is -2.35. The van der Waals surface area contributed by atoms with Gasteiger partial charge in [0.15, 0.2) is 17.8 Å². The lowest BCUT2D eigenvalue weighted by Crippen LogP contribution is -2.52. The number of aliphatic hydroxyl groups is 1. The van der Waals surface area contributed by atoms with Crippen LogP contribution in [0.5, 0.6) is 11.5 Å². The number of hydrogen-bond acceptors (Lipinski definition) is 10. The lowest BCUT2D eigenvalue weighted by atomic mass is 9.86. The van der Waals surface area contributed by atoms with Crippen LogP contribution in [0.4, 0.5) is 4.79 Å². The van der Waals surface area contributed by atoms with E-state index in [0.29, 0.717) is 37.4 Å². The van der Waals surface area contributed by atoms with Crippen molar-refractivity contribution in [2.24, 2.45) is 11.3 Å². The molecule has 2 saturated heterocycles. The van der Waals surface area contributed by atoms with E-state index in [1.807, 2.05) is 44.2 Å². The molecule has 1 amide bonds. The van der Waals surface area contributed by atoms with Crippen LogP contribution in [0.3, 0.4) is 0 Å². The van der Waals surface area contributed by atoms with E-state index in [4.69, 9.17) is 28.9 Å². The number of hydrogen-bond donors (Lipinski definition) is 2. The molecule has 2 N–H and O–H groups in total. The molecule has 3 heterocycles. The zero-order valence-electron chi connectivity index (χ0n) is 26.3. The molecule has 5 atom stereocenters. The van der Waals surface area contributed by atoms with Crippen molar-refractivity contribution in [1.29, 1.82) is 5.26 Å². The van der Waals surface area contributed by atoms with Crippen molar-refractivity contribution in [1.82, 2.24) is 9.62 Å². The SMILES string of the molecule is CC(C)(CCCCC#N)CN(CC(O)C(Cc1ccccc1)NC(=O)OC1COC2OCCC12)S(=O)(=O)c1ccc2c(c1)OCO2. The molecule has 0 bridgehead atoms. The Bertz CT molecular complexity index is 1480. The molecule has 3 aliphatic heterocycles. The van der Waals surface area contributed by atoms with Crippen molar-refractivity contribution in [3.8, 4) is 17.6 Å². The average Bonchev–Trinajstić information content (AvgIpc) is 3.78. The number of fused-ring (bicyclic) bond motifs is 2. The Labute approximate surface area is 270 Å². The summed E-state index contributed by atoms with van der Waals surface area (Å²) < 4.78 is 57.3. The number of unbranched alkanes of at least 4 members (excludes halogenated alkanes) is 2. The zero-order valence-corrected chi connectivity index (χ0v) is 27.1. The van der Waals surface area contributed by atoms with E-state index in [2.05, 4.69) is 11.4 Å². The Balaban J connectivity index is 1.36. The number of sulfonamides is 1. The second kappa shape index (κ2) is 15.0. The molecule has 2 aromatic carbocycles. The number of amides is 1. The minimum absolute atomic E-state index is 0.00132. The summed E-state index contributed by atoms with van der Waals surface area (Å²) in [6.07, 6.45) is 0.640. The quantitative estimate of drug-likeness (QED) is 0.269. The van der Waals surface area contributed by atoms with Gasteiger partial charge in [0.1, 0.15) is 6.10 Å². The van der Waals surface area contributed by atoms with Crippen LogP contribution in [-0.4, -0.2) is 81.6 Å². The minimum atomic E-state index is -4.14. The van der Waals surface area contributed by atoms with Crippen molar-refractivity contribution in [2.75, 3.05) is 33.1 Å². The van der Waals surface area contributed by atoms with Gasteiger partial charge in [-0.3, -0.25) is 0 Å². The number of nitrogens with zero attached hydrogens (tertiary/aromatic N) is 2. The second-order valence-corrected chi connectivity index (χ2v) is 14.8. The number of alkyl carbamates (subject to hydrolysis) is 1. The van der Waals surface area contributed by atoms with Gasteiger partial charge < -0.3 is 34.1 Å². The summed E-state index contributed by atoms with van der Waals surface area (Å²) in [6.45, 7) is 4.50. The van der Waals surface area contributed by atoms with E-state index in [-0.39, 0.29) is 50.0 Å². The van der Waals surface area contributed by atoms with E-state index in [9.17, 15) is 18.3 Å². The topological polar surface area (TPSA) is 157 Å². The highest BCUT2D eigenvalue weighted by Gasteiger charge is 2.44. The van der Waals surface area contributed by atoms with Crippen LogP contribution in [0, 0.1) is 22.7 Å². The molecule has 5 unspecified atom stereocenters. The van der Waals surface area contributed by atoms with Crippen LogP contribution in [0.25, 0.3) is 0 Å². The van der Waals surface area contributed by atoms with Crippen molar-refractivity contribution < 1.29 is 42.0 Å². The maximum Gasteiger partial charge on any atom is 0.407 e. The molecule has 0 radical (unpaired) electrons. The maximum absolute atomic E-state index is 14.2. The number of nitriles is 1. The molecule has 0 spiro atoms. The minimum Gasteiger partial charge on any atom is -0.454 e. The fraction of sp³-hybridized carbons (Fsp3) is 0.576. The first-order chi connectivity index (χ1) is 22.1. The molecule has 0 saturated carbocycles. The molecule has 13 heteroatoms. The second-order valence-electron chi connectivity index (χ2n) is 12.8. The molecule has 2 fully saturated rings. The van der Waals surface area contributed by atoms with Crippen molar-refractivity contribution in [2.45, 2.75) is 81.8 Å². The number of aliphatic hydroxyl groups excluding tert-OH is 1. The van der Waals surface area contributed by atoms with E-state index in [1.54, 1.807) is 6.07 Å². The van der Waals surface area contributed by atoms with E-state index >= 15 is 0 Å². The third-order valence-electron chi connectivity index (χ3n) is 8.68. The lowest BCUT2D eigenvalue weighted by molar-refractivity contribution is -0.0907. The van der Waals surface area contributed by atoms with E-state index in [1.165, 1.54) is 16.4 Å². The maximum atomic E-state index is 14.2. The van der Waals surface area contributed by atoms with Crippen LogP contribution in [0.1, 0.15) is 51.5 Å². The van der Waals surface area contributed by atoms with Crippen LogP contribution in [-0.2, 0) is 30.7 Å². The van der Waals surface area contributed by atoms with Gasteiger partial charge in [-0.15, -0.1) is 0 Å². The number of rotatable bonds is 15. The summed E-state index contributed by atoms with van der Waals surface area (Å²) in [5, 5.41) is 23.5. The third kappa shape index (κ3) is 8.49. The zero-order chi connectivity index (χ0) is 32.7. The van der Waals surface area contributed by atoms with Gasteiger partial charge in [0, 0.05) is 25.6 Å². The number of ether oxygens (including phenoxy) is 5. The fourth-order valence-corrected chi connectivity index (χ4v) is 7.82. The summed E-state index contributed by atoms with van der Waals surface area (Å²) in [5.41, 5.74) is 0.366. The number of carbonyl (C=O) groups is 1. The van der Waals surface area contributed by atoms with Gasteiger partial charge in [0.25, 0.3) is 0 Å². The number of nitrogens with one attached hydrogen (secondary N) is 1. The normalized spacial score (nSPS) is 21.8. The van der Waals surface area contributed by atoms with E-state index in [0.717, 1.165) is 18.4 Å². The monoisotopic (exact) mass is 657 g/mol. The van der Waals surface area contributed by atoms with E-state index < -0.39 is 39.8 Å². The first-order valence-corrected chi connectivity index (χ1v) is 17.2. The third-order valence-corrected chi connectivity index (χ3v) is 10.5. The smallest absolute Gasteiger partial charge is 0.407 e. The predicted molar refractivity (Wildman–Crippen MR) is 166 cm³/mol. The highest BCUT2D eigenvalue weighted by Crippen LogP contribution is 2.36. The van der Waals surface area contributed by atoms with Crippen molar-refractivity contribution >= 4 is 16.1 Å². The summed E-state index contributed by atoms with van der Waals surface area (Å²) >= 11 is 0. The summed E-state index contributed by atoms with van der Waals surface area (Å²) in [7, 11) is -4.14. The van der Waals surface area contributed by atoms with Crippen molar-refractivity contribution in [3.63, 3.8) is 0 Å². The molecular formula is C33H43N3O9S. The van der Waals surface area contributed by atoms with Crippen molar-refractivity contribution in [3.05, 3.63) is 54.1 Å². The van der Waals surface area contributed by atoms with Gasteiger partial charge in [-0.1, -0.05) is 50.6 Å². The summed E-state index contributed by atoms with van der Waals surface area (Å²) in [6, 6.07) is 15.1. The first-order valence-electron chi connectivity index (χ1n) is 15.7. The van der Waals surface area contributed by atoms with Crippen LogP contribution in [0.2, 0.25) is 0 Å². The summed E-state index contributed by atoms with van der Waals surface area (Å²) in [4.78, 5) is 13.2. The molecule has 5 rings (SSSR count). The fourth-order valence-electron chi connectivity index (χ4n) is 6.16. The van der Waals surface area contributed by atoms with Crippen LogP contribution >= 0.6 is 0 Å². The standard InChI is InChI=1S/C33H43N3O9S/c1-33(2,14-7-4-8-15-34)21-36(46(39,40)24-11-12-28-29(18-24)44-22-43-28)19-27(37)26(17-23-9-5-3-6-10-23)35-32(38)45-30-20-42-31-25(30)13-16-41-31/h3,5-6,9-12,18,25-27,30-31,37H,4,7-8,13-14,16-17,19-22H2,1-2H3,(H,35,38). The molecule has 250 valence electrons. The highest BCUT2D eigenvalue weighted by atomic mass is 32.2. The van der Waals surface area contributed by atoms with Gasteiger partial charge in [-0.2, -0.15) is 9.57 Å².